The van der Waals surface area contributed by atoms with E-state index in [9.17, 15) is 0 Å². The molecule has 0 bridgehead atoms. The molecular formula is C55H35N3O. The summed E-state index contributed by atoms with van der Waals surface area (Å²) in [5.74, 6) is 0.629. The van der Waals surface area contributed by atoms with Gasteiger partial charge in [-0.15, -0.1) is 0 Å². The third-order valence-corrected chi connectivity index (χ3v) is 11.7. The summed E-state index contributed by atoms with van der Waals surface area (Å²) >= 11 is 0. The summed E-state index contributed by atoms with van der Waals surface area (Å²) in [6.07, 6.45) is 0. The second-order valence-electron chi connectivity index (χ2n) is 15.2. The lowest BCUT2D eigenvalue weighted by Crippen LogP contribution is -2.10. The molecule has 0 saturated heterocycles. The van der Waals surface area contributed by atoms with E-state index in [4.69, 9.17) is 9.40 Å². The minimum absolute atomic E-state index is 0.629. The van der Waals surface area contributed by atoms with E-state index in [-0.39, 0.29) is 0 Å². The standard InChI is InChI=1S/C55H35N3O/c1-4-13-36(14-5-1)40-17-12-20-43(33-40)57(45-29-32-51-48(35-45)47-21-10-11-22-50(47)58(51)42-18-8-3-9-19-42)44-28-30-46-41(34-44)26-25-37-23-24-38-27-31-49-54(53(38)52(37)46)59-55(56-49)39-15-6-2-7-16-39/h1-35H. The second-order valence-corrected chi connectivity index (χ2v) is 15.2. The Morgan fingerprint density at radius 1 is 0.390 bits per heavy atom. The van der Waals surface area contributed by atoms with Gasteiger partial charge in [0, 0.05) is 49.9 Å². The lowest BCUT2D eigenvalue weighted by molar-refractivity contribution is 0.623. The van der Waals surface area contributed by atoms with Gasteiger partial charge in [0.25, 0.3) is 0 Å². The van der Waals surface area contributed by atoms with E-state index >= 15 is 0 Å². The lowest BCUT2D eigenvalue weighted by atomic mass is 9.95. The molecule has 12 rings (SSSR count). The Morgan fingerprint density at radius 3 is 1.81 bits per heavy atom. The van der Waals surface area contributed by atoms with Gasteiger partial charge in [-0.2, -0.15) is 0 Å². The molecular weight excluding hydrogens is 719 g/mol. The SMILES string of the molecule is c1ccc(-c2cccc(N(c3ccc4c(ccc5ccc6ccc7nc(-c8ccccc8)oc7c6c54)c3)c3ccc4c(c3)c3ccccc3n4-c3ccccc3)c2)cc1. The molecule has 0 aliphatic heterocycles. The number of benzene rings is 10. The van der Waals surface area contributed by atoms with Gasteiger partial charge in [-0.3, -0.25) is 0 Å². The fourth-order valence-electron chi connectivity index (χ4n) is 9.04. The summed E-state index contributed by atoms with van der Waals surface area (Å²) in [7, 11) is 0. The van der Waals surface area contributed by atoms with Crippen LogP contribution in [0.5, 0.6) is 0 Å². The van der Waals surface area contributed by atoms with Gasteiger partial charge in [-0.05, 0) is 112 Å². The Balaban J connectivity index is 1.08. The van der Waals surface area contributed by atoms with Crippen molar-refractivity contribution >= 4 is 82.3 Å². The molecule has 0 spiro atoms. The number of nitrogens with zero attached hydrogens (tertiary/aromatic N) is 3. The molecule has 0 aliphatic rings. The Kier molecular flexibility index (Phi) is 7.50. The molecule has 59 heavy (non-hydrogen) atoms. The molecule has 0 aliphatic carbocycles. The molecule has 0 N–H and O–H groups in total. The molecule has 4 nitrogen and oxygen atoms in total. The monoisotopic (exact) mass is 753 g/mol. The maximum absolute atomic E-state index is 6.62. The van der Waals surface area contributed by atoms with Gasteiger partial charge >= 0.3 is 0 Å². The van der Waals surface area contributed by atoms with Crippen LogP contribution < -0.4 is 4.90 Å². The summed E-state index contributed by atoms with van der Waals surface area (Å²) < 4.78 is 8.99. The summed E-state index contributed by atoms with van der Waals surface area (Å²) in [5, 5.41) is 9.28. The number of hydrogen-bond donors (Lipinski definition) is 0. The first-order valence-corrected chi connectivity index (χ1v) is 20.0. The maximum Gasteiger partial charge on any atom is 0.227 e. The highest BCUT2D eigenvalue weighted by Crippen LogP contribution is 2.44. The van der Waals surface area contributed by atoms with Crippen molar-refractivity contribution in [1.82, 2.24) is 9.55 Å². The fourth-order valence-corrected chi connectivity index (χ4v) is 9.04. The van der Waals surface area contributed by atoms with Crippen molar-refractivity contribution < 1.29 is 4.42 Å². The second kappa shape index (κ2) is 13.3. The van der Waals surface area contributed by atoms with Crippen molar-refractivity contribution in [2.75, 3.05) is 4.90 Å². The molecule has 0 atom stereocenters. The van der Waals surface area contributed by atoms with E-state index in [1.165, 1.54) is 43.7 Å². The first-order chi connectivity index (χ1) is 29.2. The van der Waals surface area contributed by atoms with Crippen LogP contribution in [0.15, 0.2) is 217 Å². The van der Waals surface area contributed by atoms with Crippen molar-refractivity contribution in [2.24, 2.45) is 0 Å². The summed E-state index contributed by atoms with van der Waals surface area (Å²) in [5.41, 5.74) is 11.7. The van der Waals surface area contributed by atoms with Crippen LogP contribution in [0.4, 0.5) is 17.1 Å². The molecule has 4 heteroatoms. The Morgan fingerprint density at radius 2 is 1.00 bits per heavy atom. The van der Waals surface area contributed by atoms with Gasteiger partial charge in [0.1, 0.15) is 5.52 Å². The van der Waals surface area contributed by atoms with Crippen LogP contribution in [-0.4, -0.2) is 9.55 Å². The van der Waals surface area contributed by atoms with E-state index in [0.717, 1.165) is 61.0 Å². The highest BCUT2D eigenvalue weighted by molar-refractivity contribution is 6.26. The molecule has 10 aromatic carbocycles. The number of para-hydroxylation sites is 2. The summed E-state index contributed by atoms with van der Waals surface area (Å²) in [6, 6.07) is 75.9. The number of fused-ring (bicyclic) bond motifs is 10. The van der Waals surface area contributed by atoms with Crippen LogP contribution >= 0.6 is 0 Å². The Labute approximate surface area is 340 Å². The van der Waals surface area contributed by atoms with Crippen LogP contribution in [0.1, 0.15) is 0 Å². The zero-order chi connectivity index (χ0) is 38.9. The number of oxazole rings is 1. The molecule has 0 amide bonds. The van der Waals surface area contributed by atoms with Crippen LogP contribution in [0.25, 0.3) is 93.5 Å². The molecule has 276 valence electrons. The Bertz CT molecular complexity index is 3550. The van der Waals surface area contributed by atoms with Crippen molar-refractivity contribution in [3.63, 3.8) is 0 Å². The van der Waals surface area contributed by atoms with Crippen LogP contribution in [0.3, 0.4) is 0 Å². The number of hydrogen-bond acceptors (Lipinski definition) is 3. The zero-order valence-corrected chi connectivity index (χ0v) is 32.0. The van der Waals surface area contributed by atoms with E-state index in [1.807, 2.05) is 30.3 Å². The highest BCUT2D eigenvalue weighted by Gasteiger charge is 2.20. The van der Waals surface area contributed by atoms with Crippen molar-refractivity contribution in [3.05, 3.63) is 212 Å². The molecule has 2 aromatic heterocycles. The van der Waals surface area contributed by atoms with Crippen LogP contribution in [0.2, 0.25) is 0 Å². The minimum atomic E-state index is 0.629. The smallest absolute Gasteiger partial charge is 0.227 e. The minimum Gasteiger partial charge on any atom is -0.435 e. The van der Waals surface area contributed by atoms with Crippen molar-refractivity contribution in [1.29, 1.82) is 0 Å². The predicted octanol–water partition coefficient (Wildman–Crippen LogP) is 15.2. The average Bonchev–Trinajstić information content (AvgIpc) is 3.90. The first kappa shape index (κ1) is 33.2. The zero-order valence-electron chi connectivity index (χ0n) is 32.0. The third-order valence-electron chi connectivity index (χ3n) is 11.7. The largest absolute Gasteiger partial charge is 0.435 e. The van der Waals surface area contributed by atoms with E-state index in [0.29, 0.717) is 5.89 Å². The van der Waals surface area contributed by atoms with Gasteiger partial charge < -0.3 is 13.9 Å². The van der Waals surface area contributed by atoms with E-state index in [1.54, 1.807) is 0 Å². The van der Waals surface area contributed by atoms with Crippen molar-refractivity contribution in [2.45, 2.75) is 0 Å². The van der Waals surface area contributed by atoms with Gasteiger partial charge in [0.05, 0.1) is 11.0 Å². The van der Waals surface area contributed by atoms with E-state index < -0.39 is 0 Å². The van der Waals surface area contributed by atoms with Crippen LogP contribution in [-0.2, 0) is 0 Å². The quantitative estimate of drug-likeness (QED) is 0.159. The number of anilines is 3. The number of aromatic nitrogens is 2. The topological polar surface area (TPSA) is 34.2 Å². The van der Waals surface area contributed by atoms with E-state index in [2.05, 4.69) is 191 Å². The highest BCUT2D eigenvalue weighted by atomic mass is 16.3. The molecule has 0 fully saturated rings. The number of rotatable bonds is 6. The van der Waals surface area contributed by atoms with Crippen LogP contribution in [0, 0.1) is 0 Å². The van der Waals surface area contributed by atoms with Crippen molar-refractivity contribution in [3.8, 4) is 28.3 Å². The summed E-state index contributed by atoms with van der Waals surface area (Å²) in [4.78, 5) is 7.33. The van der Waals surface area contributed by atoms with Gasteiger partial charge in [-0.25, -0.2) is 4.98 Å². The molecule has 12 aromatic rings. The fraction of sp³-hybridized carbons (Fsp3) is 0. The maximum atomic E-state index is 6.62. The molecule has 0 radical (unpaired) electrons. The summed E-state index contributed by atoms with van der Waals surface area (Å²) in [6.45, 7) is 0. The van der Waals surface area contributed by atoms with Gasteiger partial charge in [0.2, 0.25) is 5.89 Å². The average molecular weight is 754 g/mol. The molecule has 2 heterocycles. The van der Waals surface area contributed by atoms with Gasteiger partial charge in [0.15, 0.2) is 5.58 Å². The molecule has 0 saturated carbocycles. The first-order valence-electron chi connectivity index (χ1n) is 20.0. The predicted molar refractivity (Wildman–Crippen MR) is 246 cm³/mol. The lowest BCUT2D eigenvalue weighted by Gasteiger charge is -2.27. The normalized spacial score (nSPS) is 11.7. The third kappa shape index (κ3) is 5.42. The molecule has 0 unspecified atom stereocenters. The Hall–Kier alpha value is -7.95. The van der Waals surface area contributed by atoms with Gasteiger partial charge in [-0.1, -0.05) is 133 Å².